The molecule has 0 saturated carbocycles. The monoisotopic (exact) mass is 374 g/mol. The summed E-state index contributed by atoms with van der Waals surface area (Å²) in [7, 11) is 0. The van der Waals surface area contributed by atoms with Crippen LogP contribution in [0, 0.1) is 20.8 Å². The molecule has 2 rings (SSSR count). The zero-order valence-corrected chi connectivity index (χ0v) is 16.0. The number of benzene rings is 1. The maximum absolute atomic E-state index is 12.9. The quantitative estimate of drug-likeness (QED) is 0.803. The summed E-state index contributed by atoms with van der Waals surface area (Å²) in [5.41, 5.74) is 6.54. The van der Waals surface area contributed by atoms with Crippen molar-refractivity contribution in [3.8, 4) is 0 Å². The molecule has 0 saturated heterocycles. The molecule has 2 aromatic rings. The van der Waals surface area contributed by atoms with E-state index in [4.69, 9.17) is 0 Å². The molecular formula is C19H23BrN2O. The van der Waals surface area contributed by atoms with Crippen molar-refractivity contribution < 1.29 is 4.79 Å². The van der Waals surface area contributed by atoms with Crippen molar-refractivity contribution in [3.05, 3.63) is 56.3 Å². The van der Waals surface area contributed by atoms with Crippen molar-refractivity contribution in [1.29, 1.82) is 0 Å². The molecule has 1 heterocycles. The third-order valence-corrected chi connectivity index (χ3v) is 5.24. The predicted molar refractivity (Wildman–Crippen MR) is 99.3 cm³/mol. The number of pyridine rings is 1. The molecule has 0 aliphatic heterocycles. The first-order chi connectivity index (χ1) is 10.9. The summed E-state index contributed by atoms with van der Waals surface area (Å²) in [5, 5.41) is 3.12. The van der Waals surface area contributed by atoms with E-state index in [-0.39, 0.29) is 5.91 Å². The zero-order chi connectivity index (χ0) is 17.1. The molecule has 0 bridgehead atoms. The molecule has 0 aliphatic carbocycles. The van der Waals surface area contributed by atoms with Gasteiger partial charge in [-0.25, -0.2) is 0 Å². The van der Waals surface area contributed by atoms with Crippen LogP contribution in [-0.4, -0.2) is 10.9 Å². The zero-order valence-electron chi connectivity index (χ0n) is 14.4. The topological polar surface area (TPSA) is 42.0 Å². The number of hydrogen-bond acceptors (Lipinski definition) is 2. The average molecular weight is 375 g/mol. The van der Waals surface area contributed by atoms with E-state index in [9.17, 15) is 4.79 Å². The van der Waals surface area contributed by atoms with Gasteiger partial charge in [0.25, 0.3) is 5.91 Å². The van der Waals surface area contributed by atoms with Gasteiger partial charge in [-0.2, -0.15) is 0 Å². The number of halogens is 1. The van der Waals surface area contributed by atoms with E-state index < -0.39 is 0 Å². The van der Waals surface area contributed by atoms with Gasteiger partial charge in [-0.05, 0) is 66.2 Å². The number of nitrogens with zero attached hydrogens (tertiary/aromatic N) is 1. The molecule has 1 aromatic carbocycles. The molecule has 0 radical (unpaired) electrons. The Balaban J connectivity index is 2.47. The van der Waals surface area contributed by atoms with Crippen LogP contribution >= 0.6 is 15.9 Å². The summed E-state index contributed by atoms with van der Waals surface area (Å²) in [6, 6.07) is 6.18. The largest absolute Gasteiger partial charge is 0.321 e. The maximum Gasteiger partial charge on any atom is 0.258 e. The molecule has 0 aliphatic rings. The Morgan fingerprint density at radius 3 is 2.17 bits per heavy atom. The van der Waals surface area contributed by atoms with E-state index in [2.05, 4.69) is 52.2 Å². The first-order valence-electron chi connectivity index (χ1n) is 7.96. The molecule has 122 valence electrons. The summed E-state index contributed by atoms with van der Waals surface area (Å²) in [6.07, 6.45) is 1.77. The summed E-state index contributed by atoms with van der Waals surface area (Å²) >= 11 is 3.57. The summed E-state index contributed by atoms with van der Waals surface area (Å²) in [6.45, 7) is 10.0. The number of aryl methyl sites for hydroxylation is 4. The lowest BCUT2D eigenvalue weighted by molar-refractivity contribution is 0.102. The smallest absolute Gasteiger partial charge is 0.258 e. The number of amides is 1. The van der Waals surface area contributed by atoms with E-state index in [0.29, 0.717) is 5.56 Å². The molecule has 4 heteroatoms. The van der Waals surface area contributed by atoms with Gasteiger partial charge in [0.15, 0.2) is 0 Å². The van der Waals surface area contributed by atoms with E-state index in [0.717, 1.165) is 51.1 Å². The number of carbonyl (C=O) groups excluding carboxylic acids is 1. The molecule has 0 fully saturated rings. The molecule has 1 amide bonds. The SMILES string of the molecule is CCc1cccc(CC)c1NC(=O)c1c(C)nc(C)c(C)c1Br. The van der Waals surface area contributed by atoms with E-state index in [1.165, 1.54) is 0 Å². The van der Waals surface area contributed by atoms with Gasteiger partial charge in [0.1, 0.15) is 0 Å². The standard InChI is InChI=1S/C19H23BrN2O/c1-6-14-9-8-10-15(7-2)18(14)22-19(23)16-13(5)21-12(4)11(3)17(16)20/h8-10H,6-7H2,1-5H3,(H,22,23). The van der Waals surface area contributed by atoms with Gasteiger partial charge >= 0.3 is 0 Å². The highest BCUT2D eigenvalue weighted by Crippen LogP contribution is 2.28. The van der Waals surface area contributed by atoms with Crippen molar-refractivity contribution in [2.75, 3.05) is 5.32 Å². The Morgan fingerprint density at radius 1 is 1.09 bits per heavy atom. The van der Waals surface area contributed by atoms with Gasteiger partial charge < -0.3 is 5.32 Å². The van der Waals surface area contributed by atoms with Gasteiger partial charge in [0.2, 0.25) is 0 Å². The van der Waals surface area contributed by atoms with Gasteiger partial charge in [-0.1, -0.05) is 32.0 Å². The van der Waals surface area contributed by atoms with Gasteiger partial charge in [-0.3, -0.25) is 9.78 Å². The number of hydrogen-bond donors (Lipinski definition) is 1. The fourth-order valence-corrected chi connectivity index (χ4v) is 3.49. The minimum atomic E-state index is -0.111. The molecule has 0 unspecified atom stereocenters. The van der Waals surface area contributed by atoms with Gasteiger partial charge in [-0.15, -0.1) is 0 Å². The van der Waals surface area contributed by atoms with Crippen LogP contribution in [0.1, 0.15) is 52.3 Å². The van der Waals surface area contributed by atoms with Crippen LogP contribution in [0.2, 0.25) is 0 Å². The van der Waals surface area contributed by atoms with Crippen molar-refractivity contribution in [2.24, 2.45) is 0 Å². The maximum atomic E-state index is 12.9. The number of rotatable bonds is 4. The third-order valence-electron chi connectivity index (χ3n) is 4.25. The summed E-state index contributed by atoms with van der Waals surface area (Å²) < 4.78 is 0.826. The van der Waals surface area contributed by atoms with Crippen LogP contribution in [0.25, 0.3) is 0 Å². The Hall–Kier alpha value is -1.68. The molecular weight excluding hydrogens is 352 g/mol. The molecule has 0 atom stereocenters. The van der Waals surface area contributed by atoms with E-state index in [1.54, 1.807) is 0 Å². The van der Waals surface area contributed by atoms with Gasteiger partial charge in [0, 0.05) is 15.9 Å². The van der Waals surface area contributed by atoms with Crippen molar-refractivity contribution in [2.45, 2.75) is 47.5 Å². The van der Waals surface area contributed by atoms with Crippen molar-refractivity contribution in [3.63, 3.8) is 0 Å². The minimum absolute atomic E-state index is 0.111. The van der Waals surface area contributed by atoms with Crippen LogP contribution in [0.4, 0.5) is 5.69 Å². The minimum Gasteiger partial charge on any atom is -0.321 e. The van der Waals surface area contributed by atoms with E-state index in [1.807, 2.05) is 26.8 Å². The molecule has 23 heavy (non-hydrogen) atoms. The second-order valence-electron chi connectivity index (χ2n) is 5.71. The molecule has 1 aromatic heterocycles. The first-order valence-corrected chi connectivity index (χ1v) is 8.75. The van der Waals surface area contributed by atoms with Crippen LogP contribution in [0.5, 0.6) is 0 Å². The van der Waals surface area contributed by atoms with Crippen molar-refractivity contribution >= 4 is 27.5 Å². The number of anilines is 1. The highest BCUT2D eigenvalue weighted by molar-refractivity contribution is 9.10. The van der Waals surface area contributed by atoms with E-state index >= 15 is 0 Å². The van der Waals surface area contributed by atoms with Crippen molar-refractivity contribution in [1.82, 2.24) is 4.98 Å². The Kier molecular flexibility index (Phi) is 5.58. The highest BCUT2D eigenvalue weighted by atomic mass is 79.9. The second-order valence-corrected chi connectivity index (χ2v) is 6.50. The normalized spacial score (nSPS) is 10.7. The van der Waals surface area contributed by atoms with Crippen LogP contribution in [-0.2, 0) is 12.8 Å². The lowest BCUT2D eigenvalue weighted by Gasteiger charge is -2.17. The predicted octanol–water partition coefficient (Wildman–Crippen LogP) is 5.15. The summed E-state index contributed by atoms with van der Waals surface area (Å²) in [5.74, 6) is -0.111. The van der Waals surface area contributed by atoms with Crippen LogP contribution in [0.15, 0.2) is 22.7 Å². The lowest BCUT2D eigenvalue weighted by atomic mass is 10.0. The Labute approximate surface area is 146 Å². The molecule has 1 N–H and O–H groups in total. The molecule has 0 spiro atoms. The fraction of sp³-hybridized carbons (Fsp3) is 0.368. The second kappa shape index (κ2) is 7.26. The molecule has 3 nitrogen and oxygen atoms in total. The highest BCUT2D eigenvalue weighted by Gasteiger charge is 2.19. The number of aromatic nitrogens is 1. The first kappa shape index (κ1) is 17.7. The Morgan fingerprint density at radius 2 is 1.65 bits per heavy atom. The van der Waals surface area contributed by atoms with Crippen LogP contribution < -0.4 is 5.32 Å². The third kappa shape index (κ3) is 3.47. The van der Waals surface area contributed by atoms with Crippen LogP contribution in [0.3, 0.4) is 0 Å². The fourth-order valence-electron chi connectivity index (χ4n) is 2.74. The number of para-hydroxylation sites is 1. The Bertz CT molecular complexity index is 731. The van der Waals surface area contributed by atoms with Gasteiger partial charge in [0.05, 0.1) is 11.3 Å². The number of nitrogens with one attached hydrogen (secondary N) is 1. The number of carbonyl (C=O) groups is 1. The lowest BCUT2D eigenvalue weighted by Crippen LogP contribution is -2.18. The summed E-state index contributed by atoms with van der Waals surface area (Å²) in [4.78, 5) is 17.4. The average Bonchev–Trinajstić information content (AvgIpc) is 2.52.